The van der Waals surface area contributed by atoms with Gasteiger partial charge in [-0.05, 0) is 42.7 Å². The quantitative estimate of drug-likeness (QED) is 0.711. The molecule has 0 aliphatic heterocycles. The Labute approximate surface area is 140 Å². The van der Waals surface area contributed by atoms with Crippen LogP contribution in [0.15, 0.2) is 36.4 Å². The molecule has 0 radical (unpaired) electrons. The van der Waals surface area contributed by atoms with Crippen molar-refractivity contribution in [3.63, 3.8) is 0 Å². The fraction of sp³-hybridized carbons (Fsp3) is 0.222. The molecule has 0 heterocycles. The smallest absolute Gasteiger partial charge is 0.251 e. The Bertz CT molecular complexity index is 738. The first-order chi connectivity index (χ1) is 11.5. The van der Waals surface area contributed by atoms with Crippen LogP contribution in [-0.4, -0.2) is 24.5 Å². The average molecular weight is 328 g/mol. The number of aryl methyl sites for hydroxylation is 2. The van der Waals surface area contributed by atoms with Crippen LogP contribution in [-0.2, 0) is 9.59 Å². The van der Waals surface area contributed by atoms with E-state index in [4.69, 9.17) is 4.74 Å². The van der Waals surface area contributed by atoms with Gasteiger partial charge in [-0.3, -0.25) is 9.59 Å². The highest BCUT2D eigenvalue weighted by molar-refractivity contribution is 5.97. The average Bonchev–Trinajstić information content (AvgIpc) is 2.56. The number of anilines is 1. The molecular formula is C18H20N2O4. The number of carbonyl (C=O) groups is 2. The fourth-order valence-corrected chi connectivity index (χ4v) is 2.47. The van der Waals surface area contributed by atoms with Gasteiger partial charge in [-0.2, -0.15) is 0 Å². The summed E-state index contributed by atoms with van der Waals surface area (Å²) in [5.74, 6) is -0.196. The minimum absolute atomic E-state index is 0.0405. The van der Waals surface area contributed by atoms with Crippen molar-refractivity contribution >= 4 is 18.0 Å². The largest absolute Gasteiger partial charge is 0.504 e. The summed E-state index contributed by atoms with van der Waals surface area (Å²) in [7, 11) is 1.41. The lowest BCUT2D eigenvalue weighted by atomic mass is 10.0. The third kappa shape index (κ3) is 3.65. The Morgan fingerprint density at radius 1 is 1.21 bits per heavy atom. The second-order valence-electron chi connectivity index (χ2n) is 5.40. The summed E-state index contributed by atoms with van der Waals surface area (Å²) >= 11 is 0. The summed E-state index contributed by atoms with van der Waals surface area (Å²) in [6, 6.07) is 9.29. The number of ether oxygens (including phenoxy) is 1. The first kappa shape index (κ1) is 17.3. The van der Waals surface area contributed by atoms with Crippen LogP contribution in [0, 0.1) is 13.8 Å². The lowest BCUT2D eigenvalue weighted by molar-refractivity contribution is -0.121. The van der Waals surface area contributed by atoms with Crippen LogP contribution in [0.4, 0.5) is 5.69 Å². The molecule has 0 unspecified atom stereocenters. The highest BCUT2D eigenvalue weighted by atomic mass is 16.5. The van der Waals surface area contributed by atoms with E-state index in [9.17, 15) is 14.7 Å². The van der Waals surface area contributed by atoms with Gasteiger partial charge in [-0.25, -0.2) is 0 Å². The third-order valence-electron chi connectivity index (χ3n) is 3.76. The predicted molar refractivity (Wildman–Crippen MR) is 91.1 cm³/mol. The summed E-state index contributed by atoms with van der Waals surface area (Å²) in [4.78, 5) is 23.6. The molecule has 0 saturated heterocycles. The summed E-state index contributed by atoms with van der Waals surface area (Å²) in [6.45, 7) is 3.79. The van der Waals surface area contributed by atoms with Crippen LogP contribution < -0.4 is 15.4 Å². The number of hydrogen-bond donors (Lipinski definition) is 3. The van der Waals surface area contributed by atoms with E-state index >= 15 is 0 Å². The standard InChI is InChI=1S/C18H20N2O4/c1-11-5-4-6-12(2)16(11)20-18(23)17(19-10-21)13-7-8-14(22)15(9-13)24-3/h4-10,17,22H,1-3H3,(H,19,21)(H,20,23)/t17-/m1/s1. The molecule has 2 aromatic carbocycles. The number of phenolic OH excluding ortho intramolecular Hbond substituents is 1. The molecule has 2 amide bonds. The minimum Gasteiger partial charge on any atom is -0.504 e. The molecule has 0 aromatic heterocycles. The molecule has 0 aliphatic rings. The molecule has 6 heteroatoms. The molecular weight excluding hydrogens is 308 g/mol. The number of aromatic hydroxyl groups is 1. The van der Waals surface area contributed by atoms with Gasteiger partial charge in [-0.15, -0.1) is 0 Å². The van der Waals surface area contributed by atoms with Crippen molar-refractivity contribution in [2.24, 2.45) is 0 Å². The maximum absolute atomic E-state index is 12.7. The molecule has 0 fully saturated rings. The van der Waals surface area contributed by atoms with E-state index in [2.05, 4.69) is 10.6 Å². The first-order valence-corrected chi connectivity index (χ1v) is 7.41. The van der Waals surface area contributed by atoms with Crippen LogP contribution >= 0.6 is 0 Å². The van der Waals surface area contributed by atoms with Gasteiger partial charge >= 0.3 is 0 Å². The molecule has 2 aromatic rings. The lowest BCUT2D eigenvalue weighted by Crippen LogP contribution is -2.32. The van der Waals surface area contributed by atoms with Gasteiger partial charge in [0.15, 0.2) is 11.5 Å². The number of benzene rings is 2. The minimum atomic E-state index is -0.906. The van der Waals surface area contributed by atoms with Crippen molar-refractivity contribution in [2.75, 3.05) is 12.4 Å². The predicted octanol–water partition coefficient (Wildman–Crippen LogP) is 2.44. The number of rotatable bonds is 6. The molecule has 2 rings (SSSR count). The highest BCUT2D eigenvalue weighted by Gasteiger charge is 2.22. The maximum Gasteiger partial charge on any atom is 0.251 e. The molecule has 0 aliphatic carbocycles. The number of methoxy groups -OCH3 is 1. The van der Waals surface area contributed by atoms with Crippen LogP contribution in [0.3, 0.4) is 0 Å². The molecule has 1 atom stereocenters. The Morgan fingerprint density at radius 2 is 1.88 bits per heavy atom. The first-order valence-electron chi connectivity index (χ1n) is 7.41. The maximum atomic E-state index is 12.7. The van der Waals surface area contributed by atoms with E-state index in [1.165, 1.54) is 19.2 Å². The number of amides is 2. The highest BCUT2D eigenvalue weighted by Crippen LogP contribution is 2.30. The van der Waals surface area contributed by atoms with E-state index in [1.54, 1.807) is 6.07 Å². The van der Waals surface area contributed by atoms with Gasteiger partial charge < -0.3 is 20.5 Å². The number of carbonyl (C=O) groups excluding carboxylic acids is 2. The summed E-state index contributed by atoms with van der Waals surface area (Å²) in [5, 5.41) is 15.0. The molecule has 0 saturated carbocycles. The third-order valence-corrected chi connectivity index (χ3v) is 3.76. The zero-order valence-electron chi connectivity index (χ0n) is 13.8. The molecule has 126 valence electrons. The Morgan fingerprint density at radius 3 is 2.46 bits per heavy atom. The summed E-state index contributed by atoms with van der Waals surface area (Å²) in [6.07, 6.45) is 0.467. The van der Waals surface area contributed by atoms with Crippen molar-refractivity contribution in [3.05, 3.63) is 53.1 Å². The van der Waals surface area contributed by atoms with Gasteiger partial charge in [0.2, 0.25) is 6.41 Å². The molecule has 24 heavy (non-hydrogen) atoms. The molecule has 0 bridgehead atoms. The van der Waals surface area contributed by atoms with Gasteiger partial charge in [-0.1, -0.05) is 24.3 Å². The second-order valence-corrected chi connectivity index (χ2v) is 5.40. The molecule has 0 spiro atoms. The van der Waals surface area contributed by atoms with Crippen molar-refractivity contribution in [3.8, 4) is 11.5 Å². The van der Waals surface area contributed by atoms with Gasteiger partial charge in [0.05, 0.1) is 7.11 Å². The lowest BCUT2D eigenvalue weighted by Gasteiger charge is -2.19. The summed E-state index contributed by atoms with van der Waals surface area (Å²) in [5.41, 5.74) is 3.07. The monoisotopic (exact) mass is 328 g/mol. The SMILES string of the molecule is COc1cc([C@@H](NC=O)C(=O)Nc2c(C)cccc2C)ccc1O. The Balaban J connectivity index is 2.33. The van der Waals surface area contributed by atoms with Crippen LogP contribution in [0.25, 0.3) is 0 Å². The van der Waals surface area contributed by atoms with Crippen molar-refractivity contribution in [1.82, 2.24) is 5.32 Å². The number of para-hydroxylation sites is 1. The van der Waals surface area contributed by atoms with Crippen LogP contribution in [0.1, 0.15) is 22.7 Å². The molecule has 6 nitrogen and oxygen atoms in total. The van der Waals surface area contributed by atoms with E-state index < -0.39 is 6.04 Å². The zero-order valence-corrected chi connectivity index (χ0v) is 13.8. The summed E-state index contributed by atoms with van der Waals surface area (Å²) < 4.78 is 5.05. The fourth-order valence-electron chi connectivity index (χ4n) is 2.47. The topological polar surface area (TPSA) is 87.7 Å². The van der Waals surface area contributed by atoms with Gasteiger partial charge in [0.1, 0.15) is 6.04 Å². The van der Waals surface area contributed by atoms with Crippen molar-refractivity contribution < 1.29 is 19.4 Å². The second kappa shape index (κ2) is 7.50. The normalized spacial score (nSPS) is 11.5. The molecule has 3 N–H and O–H groups in total. The van der Waals surface area contributed by atoms with Gasteiger partial charge in [0, 0.05) is 5.69 Å². The van der Waals surface area contributed by atoms with E-state index in [-0.39, 0.29) is 17.4 Å². The van der Waals surface area contributed by atoms with E-state index in [1.807, 2.05) is 32.0 Å². The number of nitrogens with one attached hydrogen (secondary N) is 2. The van der Waals surface area contributed by atoms with Crippen molar-refractivity contribution in [1.29, 1.82) is 0 Å². The van der Waals surface area contributed by atoms with Crippen LogP contribution in [0.5, 0.6) is 11.5 Å². The van der Waals surface area contributed by atoms with E-state index in [0.29, 0.717) is 17.7 Å². The van der Waals surface area contributed by atoms with Crippen molar-refractivity contribution in [2.45, 2.75) is 19.9 Å². The number of phenols is 1. The van der Waals surface area contributed by atoms with Gasteiger partial charge in [0.25, 0.3) is 5.91 Å². The van der Waals surface area contributed by atoms with E-state index in [0.717, 1.165) is 11.1 Å². The zero-order chi connectivity index (χ0) is 17.7. The number of hydrogen-bond acceptors (Lipinski definition) is 4. The Hall–Kier alpha value is -3.02. The Kier molecular flexibility index (Phi) is 5.42. The van der Waals surface area contributed by atoms with Crippen LogP contribution in [0.2, 0.25) is 0 Å².